The fraction of sp³-hybridized carbons (Fsp3) is 0.333. The summed E-state index contributed by atoms with van der Waals surface area (Å²) < 4.78 is 18.7. The average Bonchev–Trinajstić information content (AvgIpc) is 3.07. The van der Waals surface area contributed by atoms with Crippen LogP contribution in [0.2, 0.25) is 0 Å². The van der Waals surface area contributed by atoms with E-state index in [-0.39, 0.29) is 24.1 Å². The average molecular weight is 408 g/mol. The van der Waals surface area contributed by atoms with E-state index in [0.29, 0.717) is 25.4 Å². The number of carbonyl (C=O) groups excluding carboxylic acids is 2. The molecule has 0 aromatic heterocycles. The fourth-order valence-corrected chi connectivity index (χ4v) is 3.98. The lowest BCUT2D eigenvalue weighted by molar-refractivity contribution is -0.122. The summed E-state index contributed by atoms with van der Waals surface area (Å²) in [6, 6.07) is 13.1. The summed E-state index contributed by atoms with van der Waals surface area (Å²) in [6.45, 7) is 3.94. The van der Waals surface area contributed by atoms with Gasteiger partial charge in [0, 0.05) is 13.1 Å². The lowest BCUT2D eigenvalue weighted by Crippen LogP contribution is -2.44. The van der Waals surface area contributed by atoms with Crippen LogP contribution in [0.25, 0.3) is 5.57 Å². The van der Waals surface area contributed by atoms with E-state index in [1.54, 1.807) is 36.4 Å². The Labute approximate surface area is 175 Å². The molecule has 156 valence electrons. The van der Waals surface area contributed by atoms with E-state index in [4.69, 9.17) is 4.74 Å². The zero-order valence-electron chi connectivity index (χ0n) is 17.0. The Morgan fingerprint density at radius 3 is 2.43 bits per heavy atom. The van der Waals surface area contributed by atoms with Crippen LogP contribution in [0.4, 0.5) is 10.1 Å². The van der Waals surface area contributed by atoms with Crippen LogP contribution in [0.15, 0.2) is 54.6 Å². The molecule has 0 radical (unpaired) electrons. The van der Waals surface area contributed by atoms with Gasteiger partial charge in [-0.05, 0) is 60.4 Å². The molecule has 0 saturated carbocycles. The molecule has 1 saturated heterocycles. The van der Waals surface area contributed by atoms with Gasteiger partial charge in [-0.1, -0.05) is 25.1 Å². The van der Waals surface area contributed by atoms with E-state index < -0.39 is 6.04 Å². The van der Waals surface area contributed by atoms with Gasteiger partial charge in [-0.25, -0.2) is 9.29 Å². The van der Waals surface area contributed by atoms with Gasteiger partial charge in [0.2, 0.25) is 5.91 Å². The molecule has 30 heavy (non-hydrogen) atoms. The van der Waals surface area contributed by atoms with E-state index in [9.17, 15) is 14.0 Å². The van der Waals surface area contributed by atoms with Crippen LogP contribution in [-0.2, 0) is 9.59 Å². The maximum Gasteiger partial charge on any atom is 0.251 e. The van der Waals surface area contributed by atoms with Gasteiger partial charge in [-0.15, -0.1) is 0 Å². The van der Waals surface area contributed by atoms with Crippen LogP contribution in [0.1, 0.15) is 31.7 Å². The summed E-state index contributed by atoms with van der Waals surface area (Å²) in [6.07, 6.45) is 3.93. The summed E-state index contributed by atoms with van der Waals surface area (Å²) in [5, 5.41) is 0. The highest BCUT2D eigenvalue weighted by molar-refractivity contribution is 6.22. The first-order valence-electron chi connectivity index (χ1n) is 10.4. The van der Waals surface area contributed by atoms with E-state index in [1.807, 2.05) is 11.8 Å². The third-order valence-corrected chi connectivity index (χ3v) is 5.59. The molecule has 0 spiro atoms. The van der Waals surface area contributed by atoms with Crippen LogP contribution >= 0.6 is 0 Å². The highest BCUT2D eigenvalue weighted by Crippen LogP contribution is 2.30. The smallest absolute Gasteiger partial charge is 0.251 e. The molecule has 1 unspecified atom stereocenters. The number of benzene rings is 2. The number of imide groups is 1. The minimum absolute atomic E-state index is 0.180. The van der Waals surface area contributed by atoms with Crippen molar-refractivity contribution in [3.8, 4) is 5.75 Å². The third kappa shape index (κ3) is 4.14. The molecule has 2 heterocycles. The highest BCUT2D eigenvalue weighted by atomic mass is 19.1. The zero-order valence-corrected chi connectivity index (χ0v) is 17.0. The SMILES string of the molecule is CCCOc1ccc(N2C(=O)CC(N3CC=C(c4ccc(F)cc4)CC3)C2=O)cc1. The second-order valence-electron chi connectivity index (χ2n) is 7.61. The number of carbonyl (C=O) groups is 2. The molecular weight excluding hydrogens is 383 g/mol. The molecule has 5 nitrogen and oxygen atoms in total. The Bertz CT molecular complexity index is 953. The Morgan fingerprint density at radius 2 is 1.80 bits per heavy atom. The summed E-state index contributed by atoms with van der Waals surface area (Å²) >= 11 is 0. The number of nitrogens with zero attached hydrogens (tertiary/aromatic N) is 2. The first-order chi connectivity index (χ1) is 14.6. The van der Waals surface area contributed by atoms with Crippen LogP contribution in [0, 0.1) is 5.82 Å². The number of anilines is 1. The maximum absolute atomic E-state index is 13.1. The predicted octanol–water partition coefficient (Wildman–Crippen LogP) is 4.04. The molecule has 6 heteroatoms. The Balaban J connectivity index is 1.43. The van der Waals surface area contributed by atoms with E-state index >= 15 is 0 Å². The molecular formula is C24H25FN2O3. The number of hydrogen-bond donors (Lipinski definition) is 0. The number of ether oxygens (including phenoxy) is 1. The van der Waals surface area contributed by atoms with Gasteiger partial charge in [0.25, 0.3) is 5.91 Å². The Hall–Kier alpha value is -2.99. The fourth-order valence-electron chi connectivity index (χ4n) is 3.98. The van der Waals surface area contributed by atoms with Crippen molar-refractivity contribution in [1.29, 1.82) is 0 Å². The zero-order chi connectivity index (χ0) is 21.1. The van der Waals surface area contributed by atoms with Crippen molar-refractivity contribution in [1.82, 2.24) is 4.90 Å². The van der Waals surface area contributed by atoms with Crippen LogP contribution in [0.3, 0.4) is 0 Å². The molecule has 2 aromatic carbocycles. The van der Waals surface area contributed by atoms with Crippen molar-refractivity contribution in [3.63, 3.8) is 0 Å². The van der Waals surface area contributed by atoms with Gasteiger partial charge >= 0.3 is 0 Å². The van der Waals surface area contributed by atoms with Gasteiger partial charge < -0.3 is 4.74 Å². The molecule has 1 atom stereocenters. The summed E-state index contributed by atoms with van der Waals surface area (Å²) in [5.74, 6) is 0.115. The van der Waals surface area contributed by atoms with Gasteiger partial charge in [0.1, 0.15) is 11.6 Å². The Morgan fingerprint density at radius 1 is 1.07 bits per heavy atom. The molecule has 0 N–H and O–H groups in total. The molecule has 0 aliphatic carbocycles. The number of hydrogen-bond acceptors (Lipinski definition) is 4. The summed E-state index contributed by atoms with van der Waals surface area (Å²) in [7, 11) is 0. The monoisotopic (exact) mass is 408 g/mol. The third-order valence-electron chi connectivity index (χ3n) is 5.59. The summed E-state index contributed by atoms with van der Waals surface area (Å²) in [5.41, 5.74) is 2.72. The van der Waals surface area contributed by atoms with Crippen molar-refractivity contribution in [2.24, 2.45) is 0 Å². The summed E-state index contributed by atoms with van der Waals surface area (Å²) in [4.78, 5) is 29.0. The minimum Gasteiger partial charge on any atom is -0.494 e. The van der Waals surface area contributed by atoms with E-state index in [1.165, 1.54) is 17.0 Å². The van der Waals surface area contributed by atoms with Crippen LogP contribution in [0.5, 0.6) is 5.75 Å². The lowest BCUT2D eigenvalue weighted by atomic mass is 9.98. The standard InChI is InChI=1S/C24H25FN2O3/c1-2-15-30-21-9-7-20(8-10-21)27-23(28)16-22(24(27)29)26-13-11-18(12-14-26)17-3-5-19(25)6-4-17/h3-11,22H,2,12-16H2,1H3. The van der Waals surface area contributed by atoms with Gasteiger partial charge in [0.15, 0.2) is 0 Å². The minimum atomic E-state index is -0.445. The molecule has 0 bridgehead atoms. The van der Waals surface area contributed by atoms with Gasteiger partial charge in [0.05, 0.1) is 24.8 Å². The normalized spacial score (nSPS) is 19.9. The van der Waals surface area contributed by atoms with E-state index in [2.05, 4.69) is 6.08 Å². The quantitative estimate of drug-likeness (QED) is 0.677. The van der Waals surface area contributed by atoms with Crippen LogP contribution < -0.4 is 9.64 Å². The second kappa shape index (κ2) is 8.79. The first-order valence-corrected chi connectivity index (χ1v) is 10.4. The predicted molar refractivity (Wildman–Crippen MR) is 114 cm³/mol. The molecule has 2 aromatic rings. The van der Waals surface area contributed by atoms with Crippen molar-refractivity contribution in [2.45, 2.75) is 32.2 Å². The first kappa shape index (κ1) is 20.3. The molecule has 2 aliphatic rings. The second-order valence-corrected chi connectivity index (χ2v) is 7.61. The maximum atomic E-state index is 13.1. The van der Waals surface area contributed by atoms with Gasteiger partial charge in [-0.3, -0.25) is 14.5 Å². The largest absolute Gasteiger partial charge is 0.494 e. The molecule has 2 amide bonds. The molecule has 1 fully saturated rings. The number of rotatable bonds is 6. The van der Waals surface area contributed by atoms with Gasteiger partial charge in [-0.2, -0.15) is 0 Å². The molecule has 2 aliphatic heterocycles. The van der Waals surface area contributed by atoms with Crippen molar-refractivity contribution in [3.05, 3.63) is 66.0 Å². The van der Waals surface area contributed by atoms with Crippen molar-refractivity contribution < 1.29 is 18.7 Å². The highest BCUT2D eigenvalue weighted by Gasteiger charge is 2.42. The number of amides is 2. The Kier molecular flexibility index (Phi) is 5.95. The van der Waals surface area contributed by atoms with Crippen molar-refractivity contribution in [2.75, 3.05) is 24.6 Å². The topological polar surface area (TPSA) is 49.9 Å². The molecule has 4 rings (SSSR count). The van der Waals surface area contributed by atoms with Crippen molar-refractivity contribution >= 4 is 23.1 Å². The van der Waals surface area contributed by atoms with E-state index in [0.717, 1.165) is 29.7 Å². The lowest BCUT2D eigenvalue weighted by Gasteiger charge is -2.30. The number of halogens is 1. The van der Waals surface area contributed by atoms with Crippen LogP contribution in [-0.4, -0.2) is 42.5 Å².